The number of hydrogen-bond acceptors (Lipinski definition) is 7. The van der Waals surface area contributed by atoms with Crippen molar-refractivity contribution in [3.05, 3.63) is 63.6 Å². The molecule has 0 saturated carbocycles. The molecule has 8 nitrogen and oxygen atoms in total. The van der Waals surface area contributed by atoms with Gasteiger partial charge < -0.3 is 18.8 Å². The number of carboxylic acids is 1. The fourth-order valence-corrected chi connectivity index (χ4v) is 3.77. The molecule has 0 spiro atoms. The molecule has 0 bridgehead atoms. The smallest absolute Gasteiger partial charge is 0.342 e. The average Bonchev–Trinajstić information content (AvgIpc) is 3.31. The van der Waals surface area contributed by atoms with Gasteiger partial charge >= 0.3 is 11.9 Å². The predicted molar refractivity (Wildman–Crippen MR) is 116 cm³/mol. The molecule has 0 unspecified atom stereocenters. The van der Waals surface area contributed by atoms with Crippen molar-refractivity contribution in [2.24, 2.45) is 0 Å². The molecule has 0 radical (unpaired) electrons. The number of thioether (sulfide) groups is 1. The minimum absolute atomic E-state index is 0.0733. The second-order valence-corrected chi connectivity index (χ2v) is 7.65. The fourth-order valence-electron chi connectivity index (χ4n) is 3.08. The molecular formula is C22H23N3O5S. The van der Waals surface area contributed by atoms with Gasteiger partial charge in [-0.2, -0.15) is 0 Å². The number of carboxylic acid groups (broad SMARTS) is 1. The first-order chi connectivity index (χ1) is 14.8. The number of aryl methyl sites for hydroxylation is 2. The Bertz CT molecular complexity index is 1130. The van der Waals surface area contributed by atoms with Crippen molar-refractivity contribution >= 4 is 29.8 Å². The third-order valence-electron chi connectivity index (χ3n) is 4.55. The van der Waals surface area contributed by atoms with Gasteiger partial charge in [0.1, 0.15) is 4.91 Å². The molecule has 162 valence electrons. The fraction of sp³-hybridized carbons (Fsp3) is 0.273. The third-order valence-corrected chi connectivity index (χ3v) is 5.40. The van der Waals surface area contributed by atoms with Crippen LogP contribution >= 0.6 is 11.8 Å². The van der Waals surface area contributed by atoms with Crippen LogP contribution in [0, 0.1) is 13.8 Å². The molecule has 3 aromatic rings. The maximum absolute atomic E-state index is 11.9. The number of aromatic nitrogens is 3. The van der Waals surface area contributed by atoms with E-state index in [1.807, 2.05) is 43.5 Å². The van der Waals surface area contributed by atoms with E-state index in [1.54, 1.807) is 25.1 Å². The van der Waals surface area contributed by atoms with E-state index in [1.165, 1.54) is 0 Å². The summed E-state index contributed by atoms with van der Waals surface area (Å²) >= 11 is 0.918. The van der Waals surface area contributed by atoms with E-state index < -0.39 is 5.97 Å². The van der Waals surface area contributed by atoms with Gasteiger partial charge in [0.15, 0.2) is 0 Å². The lowest BCUT2D eigenvalue weighted by Crippen LogP contribution is -2.05. The van der Waals surface area contributed by atoms with Crippen LogP contribution in [0.1, 0.15) is 47.0 Å². The molecule has 0 saturated heterocycles. The van der Waals surface area contributed by atoms with Crippen molar-refractivity contribution in [1.29, 1.82) is 0 Å². The van der Waals surface area contributed by atoms with E-state index in [9.17, 15) is 14.7 Å². The molecule has 1 N–H and O–H groups in total. The molecule has 0 amide bonds. The molecule has 0 atom stereocenters. The van der Waals surface area contributed by atoms with Crippen LogP contribution in [0.5, 0.6) is 0 Å². The number of benzene rings is 1. The molecule has 0 aliphatic carbocycles. The van der Waals surface area contributed by atoms with Crippen molar-refractivity contribution in [2.75, 3.05) is 6.61 Å². The molecular weight excluding hydrogens is 418 g/mol. The summed E-state index contributed by atoms with van der Waals surface area (Å²) in [6, 6.07) is 8.99. The SMILES string of the molecule is CCOC(=O)c1ccc(-n2c(C)cc(/C=C(\Sc3nnc(CC)o3)C(=O)O)c2C)cc1. The van der Waals surface area contributed by atoms with Crippen LogP contribution in [0.15, 0.2) is 44.9 Å². The number of hydrogen-bond donors (Lipinski definition) is 1. The molecule has 0 fully saturated rings. The number of ether oxygens (including phenoxy) is 1. The van der Waals surface area contributed by atoms with Gasteiger partial charge in [-0.05, 0) is 74.5 Å². The highest BCUT2D eigenvalue weighted by molar-refractivity contribution is 8.03. The van der Waals surface area contributed by atoms with Crippen LogP contribution in [0.3, 0.4) is 0 Å². The Kier molecular flexibility index (Phi) is 6.96. The first-order valence-electron chi connectivity index (χ1n) is 9.75. The molecule has 0 aliphatic rings. The summed E-state index contributed by atoms with van der Waals surface area (Å²) in [5, 5.41) is 17.6. The minimum Gasteiger partial charge on any atom is -0.477 e. The normalized spacial score (nSPS) is 11.5. The van der Waals surface area contributed by atoms with Crippen molar-refractivity contribution in [1.82, 2.24) is 14.8 Å². The Morgan fingerprint density at radius 1 is 1.19 bits per heavy atom. The average molecular weight is 442 g/mol. The summed E-state index contributed by atoms with van der Waals surface area (Å²) in [5.74, 6) is -0.990. The third kappa shape index (κ3) is 5.05. The summed E-state index contributed by atoms with van der Waals surface area (Å²) in [6.07, 6.45) is 2.17. The Hall–Kier alpha value is -3.33. The van der Waals surface area contributed by atoms with Gasteiger partial charge in [-0.1, -0.05) is 6.92 Å². The summed E-state index contributed by atoms with van der Waals surface area (Å²) in [4.78, 5) is 23.7. The van der Waals surface area contributed by atoms with Gasteiger partial charge in [-0.15, -0.1) is 10.2 Å². The minimum atomic E-state index is -1.08. The zero-order valence-corrected chi connectivity index (χ0v) is 18.5. The molecule has 31 heavy (non-hydrogen) atoms. The maximum Gasteiger partial charge on any atom is 0.342 e. The van der Waals surface area contributed by atoms with Crippen LogP contribution < -0.4 is 0 Å². The van der Waals surface area contributed by atoms with Gasteiger partial charge in [0.25, 0.3) is 5.22 Å². The first kappa shape index (κ1) is 22.4. The lowest BCUT2D eigenvalue weighted by molar-refractivity contribution is -0.131. The highest BCUT2D eigenvalue weighted by Gasteiger charge is 2.17. The second-order valence-electron chi connectivity index (χ2n) is 6.66. The predicted octanol–water partition coefficient (Wildman–Crippen LogP) is 4.43. The van der Waals surface area contributed by atoms with Gasteiger partial charge in [-0.3, -0.25) is 0 Å². The van der Waals surface area contributed by atoms with Crippen molar-refractivity contribution in [3.8, 4) is 5.69 Å². The molecule has 3 rings (SSSR count). The standard InChI is InChI=1S/C22H23N3O5S/c1-5-19-23-24-22(30-19)31-18(20(26)27)12-16-11-13(3)25(14(16)4)17-9-7-15(8-10-17)21(28)29-6-2/h7-12H,5-6H2,1-4H3,(H,26,27)/b18-12-. The van der Waals surface area contributed by atoms with Crippen LogP contribution in [0.4, 0.5) is 0 Å². The van der Waals surface area contributed by atoms with Gasteiger partial charge in [0.05, 0.1) is 12.2 Å². The number of nitrogens with zero attached hydrogens (tertiary/aromatic N) is 3. The Morgan fingerprint density at radius 2 is 1.90 bits per heavy atom. The van der Waals surface area contributed by atoms with Crippen LogP contribution in [0.2, 0.25) is 0 Å². The number of esters is 1. The van der Waals surface area contributed by atoms with Gasteiger partial charge in [0, 0.05) is 23.5 Å². The number of aliphatic carboxylic acids is 1. The van der Waals surface area contributed by atoms with Crippen molar-refractivity contribution in [2.45, 2.75) is 39.3 Å². The maximum atomic E-state index is 11.9. The van der Waals surface area contributed by atoms with Crippen LogP contribution in [0.25, 0.3) is 11.8 Å². The van der Waals surface area contributed by atoms with E-state index in [2.05, 4.69) is 10.2 Å². The molecule has 1 aromatic carbocycles. The largest absolute Gasteiger partial charge is 0.477 e. The highest BCUT2D eigenvalue weighted by atomic mass is 32.2. The second kappa shape index (κ2) is 9.65. The van der Waals surface area contributed by atoms with E-state index in [0.717, 1.165) is 34.4 Å². The lowest BCUT2D eigenvalue weighted by atomic mass is 10.2. The first-order valence-corrected chi connectivity index (χ1v) is 10.6. The van der Waals surface area contributed by atoms with Crippen LogP contribution in [-0.2, 0) is 16.0 Å². The summed E-state index contributed by atoms with van der Waals surface area (Å²) in [5.41, 5.74) is 3.88. The van der Waals surface area contributed by atoms with E-state index >= 15 is 0 Å². The van der Waals surface area contributed by atoms with E-state index in [0.29, 0.717) is 24.5 Å². The Labute approximate surface area is 183 Å². The lowest BCUT2D eigenvalue weighted by Gasteiger charge is -2.10. The quantitative estimate of drug-likeness (QED) is 0.311. The highest BCUT2D eigenvalue weighted by Crippen LogP contribution is 2.30. The molecule has 2 aromatic heterocycles. The topological polar surface area (TPSA) is 107 Å². The Morgan fingerprint density at radius 3 is 2.48 bits per heavy atom. The summed E-state index contributed by atoms with van der Waals surface area (Å²) in [7, 11) is 0. The number of rotatable bonds is 8. The number of carbonyl (C=O) groups excluding carboxylic acids is 1. The van der Waals surface area contributed by atoms with Crippen molar-refractivity contribution in [3.63, 3.8) is 0 Å². The molecule has 2 heterocycles. The summed E-state index contributed by atoms with van der Waals surface area (Å²) < 4.78 is 12.4. The zero-order chi connectivity index (χ0) is 22.5. The Balaban J connectivity index is 1.92. The van der Waals surface area contributed by atoms with Crippen molar-refractivity contribution < 1.29 is 23.8 Å². The van der Waals surface area contributed by atoms with E-state index in [-0.39, 0.29) is 16.1 Å². The molecule has 9 heteroatoms. The number of carbonyl (C=O) groups is 2. The van der Waals surface area contributed by atoms with Gasteiger partial charge in [-0.25, -0.2) is 9.59 Å². The van der Waals surface area contributed by atoms with E-state index in [4.69, 9.17) is 9.15 Å². The van der Waals surface area contributed by atoms with Gasteiger partial charge in [0.2, 0.25) is 5.89 Å². The molecule has 0 aliphatic heterocycles. The van der Waals surface area contributed by atoms with Crippen LogP contribution in [-0.4, -0.2) is 38.4 Å². The monoisotopic (exact) mass is 441 g/mol. The zero-order valence-electron chi connectivity index (χ0n) is 17.7. The summed E-state index contributed by atoms with van der Waals surface area (Å²) in [6.45, 7) is 7.80.